The van der Waals surface area contributed by atoms with Gasteiger partial charge in [-0.25, -0.2) is 0 Å². The molecule has 0 aromatic carbocycles. The molecule has 3 atom stereocenters. The maximum Gasteiger partial charge on any atom is 0.0270 e. The van der Waals surface area contributed by atoms with Gasteiger partial charge in [-0.3, -0.25) is 0 Å². The quantitative estimate of drug-likeness (QED) is 0.431. The molecule has 1 heteroatoms. The molecule has 2 saturated carbocycles. The van der Waals surface area contributed by atoms with Crippen molar-refractivity contribution in [3.8, 4) is 0 Å². The molecule has 8 heavy (non-hydrogen) atoms. The largest absolute Gasteiger partial charge is 0.0504 e. The molecule has 2 aliphatic carbocycles. The van der Waals surface area contributed by atoms with E-state index in [-0.39, 0.29) is 0 Å². The number of fused-ring (bicyclic) bond motifs is 2. The first-order valence-electron chi connectivity index (χ1n) is 3.57. The molecule has 2 rings (SSSR count). The second-order valence-electron chi connectivity index (χ2n) is 3.28. The van der Waals surface area contributed by atoms with Crippen LogP contribution in [0, 0.1) is 11.8 Å². The van der Waals surface area contributed by atoms with Gasteiger partial charge < -0.3 is 0 Å². The number of rotatable bonds is 0. The minimum Gasteiger partial charge on any atom is -0.0504 e. The SMILES string of the molecule is [Si]C1CC2CCC1C2. The summed E-state index contributed by atoms with van der Waals surface area (Å²) in [4.78, 5) is 0. The summed E-state index contributed by atoms with van der Waals surface area (Å²) in [5, 5.41) is 0. The van der Waals surface area contributed by atoms with E-state index in [0.29, 0.717) is 0 Å². The summed E-state index contributed by atoms with van der Waals surface area (Å²) in [6.07, 6.45) is 6.00. The maximum absolute atomic E-state index is 3.74. The van der Waals surface area contributed by atoms with Crippen molar-refractivity contribution in [2.45, 2.75) is 31.2 Å². The summed E-state index contributed by atoms with van der Waals surface area (Å²) in [5.74, 6) is 2.15. The Morgan fingerprint density at radius 3 is 2.25 bits per heavy atom. The smallest absolute Gasteiger partial charge is 0.0270 e. The van der Waals surface area contributed by atoms with Crippen molar-refractivity contribution in [1.29, 1.82) is 0 Å². The average molecular weight is 123 g/mol. The van der Waals surface area contributed by atoms with Crippen LogP contribution in [0.4, 0.5) is 0 Å². The lowest BCUT2D eigenvalue weighted by Crippen LogP contribution is -2.02. The fourth-order valence-corrected chi connectivity index (χ4v) is 2.88. The lowest BCUT2D eigenvalue weighted by Gasteiger charge is -2.15. The average Bonchev–Trinajstić information content (AvgIpc) is 2.23. The molecule has 0 N–H and O–H groups in total. The van der Waals surface area contributed by atoms with Crippen molar-refractivity contribution in [1.82, 2.24) is 0 Å². The third kappa shape index (κ3) is 0.571. The van der Waals surface area contributed by atoms with Gasteiger partial charge in [0.2, 0.25) is 0 Å². The van der Waals surface area contributed by atoms with Crippen molar-refractivity contribution in [3.05, 3.63) is 0 Å². The van der Waals surface area contributed by atoms with Gasteiger partial charge >= 0.3 is 0 Å². The summed E-state index contributed by atoms with van der Waals surface area (Å²) >= 11 is 0. The van der Waals surface area contributed by atoms with Gasteiger partial charge in [0.25, 0.3) is 0 Å². The van der Waals surface area contributed by atoms with Gasteiger partial charge in [-0.2, -0.15) is 0 Å². The summed E-state index contributed by atoms with van der Waals surface area (Å²) in [6, 6.07) is 0. The molecule has 0 saturated heterocycles. The minimum atomic E-state index is 0.883. The molecule has 0 aromatic rings. The van der Waals surface area contributed by atoms with E-state index in [0.717, 1.165) is 17.4 Å². The van der Waals surface area contributed by atoms with E-state index in [1.807, 2.05) is 0 Å². The lowest BCUT2D eigenvalue weighted by atomic mass is 10.0. The van der Waals surface area contributed by atoms with E-state index in [9.17, 15) is 0 Å². The van der Waals surface area contributed by atoms with E-state index < -0.39 is 0 Å². The predicted molar refractivity (Wildman–Crippen MR) is 35.0 cm³/mol. The maximum atomic E-state index is 3.74. The van der Waals surface area contributed by atoms with E-state index >= 15 is 0 Å². The van der Waals surface area contributed by atoms with Crippen molar-refractivity contribution in [2.75, 3.05) is 0 Å². The fraction of sp³-hybridized carbons (Fsp3) is 1.00. The second-order valence-corrected chi connectivity index (χ2v) is 4.02. The van der Waals surface area contributed by atoms with Gasteiger partial charge in [0.1, 0.15) is 0 Å². The zero-order valence-electron chi connectivity index (χ0n) is 5.06. The molecule has 0 amide bonds. The Bertz CT molecular complexity index is 98.6. The van der Waals surface area contributed by atoms with Gasteiger partial charge in [-0.05, 0) is 23.8 Å². The van der Waals surface area contributed by atoms with Gasteiger partial charge in [-0.1, -0.05) is 19.3 Å². The molecular formula is C7H11Si. The molecule has 3 unspecified atom stereocenters. The van der Waals surface area contributed by atoms with Crippen LogP contribution in [-0.4, -0.2) is 10.2 Å². The third-order valence-corrected chi connectivity index (χ3v) is 3.45. The summed E-state index contributed by atoms with van der Waals surface area (Å²) in [7, 11) is 3.74. The van der Waals surface area contributed by atoms with Crippen molar-refractivity contribution in [2.24, 2.45) is 11.8 Å². The first-order valence-corrected chi connectivity index (χ1v) is 4.15. The Kier molecular flexibility index (Phi) is 1.01. The fourth-order valence-electron chi connectivity index (χ4n) is 2.24. The topological polar surface area (TPSA) is 0 Å². The third-order valence-electron chi connectivity index (χ3n) is 2.74. The molecule has 3 radical (unpaired) electrons. The molecule has 2 aliphatic rings. The van der Waals surface area contributed by atoms with E-state index in [4.69, 9.17) is 0 Å². The number of hydrogen-bond donors (Lipinski definition) is 0. The zero-order valence-corrected chi connectivity index (χ0v) is 6.06. The lowest BCUT2D eigenvalue weighted by molar-refractivity contribution is 0.480. The molecule has 2 bridgehead atoms. The van der Waals surface area contributed by atoms with Crippen LogP contribution in [0.3, 0.4) is 0 Å². The van der Waals surface area contributed by atoms with Gasteiger partial charge in [0, 0.05) is 10.2 Å². The molecule has 2 fully saturated rings. The molecule has 43 valence electrons. The van der Waals surface area contributed by atoms with Crippen LogP contribution in [-0.2, 0) is 0 Å². The van der Waals surface area contributed by atoms with Crippen LogP contribution in [0.15, 0.2) is 0 Å². The van der Waals surface area contributed by atoms with Crippen LogP contribution in [0.2, 0.25) is 5.54 Å². The Morgan fingerprint density at radius 2 is 2.00 bits per heavy atom. The highest BCUT2D eigenvalue weighted by atomic mass is 28.1. The number of hydrogen-bond acceptors (Lipinski definition) is 0. The highest BCUT2D eigenvalue weighted by molar-refractivity contribution is 6.12. The normalized spacial score (nSPS) is 52.9. The Hall–Kier alpha value is 0.217. The molecule has 0 aromatic heterocycles. The highest BCUT2D eigenvalue weighted by Gasteiger charge is 2.36. The van der Waals surface area contributed by atoms with Crippen LogP contribution in [0.5, 0.6) is 0 Å². The molecule has 0 heterocycles. The second kappa shape index (κ2) is 1.60. The standard InChI is InChI=1S/C7H11Si/c8-7-4-5-1-2-6(7)3-5/h5-7H,1-4H2. The van der Waals surface area contributed by atoms with Crippen LogP contribution >= 0.6 is 0 Å². The highest BCUT2D eigenvalue weighted by Crippen LogP contribution is 2.49. The Labute approximate surface area is 54.1 Å². The van der Waals surface area contributed by atoms with Gasteiger partial charge in [0.15, 0.2) is 0 Å². The van der Waals surface area contributed by atoms with Crippen molar-refractivity contribution >= 4 is 10.2 Å². The summed E-state index contributed by atoms with van der Waals surface area (Å²) < 4.78 is 0. The zero-order chi connectivity index (χ0) is 5.56. The minimum absolute atomic E-state index is 0.883. The molecular weight excluding hydrogens is 112 g/mol. The van der Waals surface area contributed by atoms with Gasteiger partial charge in [-0.15, -0.1) is 0 Å². The van der Waals surface area contributed by atoms with E-state index in [1.54, 1.807) is 0 Å². The predicted octanol–water partition coefficient (Wildman–Crippen LogP) is 1.76. The van der Waals surface area contributed by atoms with Gasteiger partial charge in [0.05, 0.1) is 0 Å². The van der Waals surface area contributed by atoms with E-state index in [1.165, 1.54) is 25.7 Å². The van der Waals surface area contributed by atoms with Crippen LogP contribution < -0.4 is 0 Å². The van der Waals surface area contributed by atoms with Crippen molar-refractivity contribution in [3.63, 3.8) is 0 Å². The first-order chi connectivity index (χ1) is 3.86. The van der Waals surface area contributed by atoms with Crippen LogP contribution in [0.25, 0.3) is 0 Å². The Balaban J connectivity index is 2.11. The molecule has 0 aliphatic heterocycles. The Morgan fingerprint density at radius 1 is 1.12 bits per heavy atom. The molecule has 0 nitrogen and oxygen atoms in total. The van der Waals surface area contributed by atoms with E-state index in [2.05, 4.69) is 10.2 Å². The molecule has 0 spiro atoms. The first kappa shape index (κ1) is 5.04. The summed E-state index contributed by atoms with van der Waals surface area (Å²) in [5.41, 5.74) is 0.883. The van der Waals surface area contributed by atoms with Crippen molar-refractivity contribution < 1.29 is 0 Å². The summed E-state index contributed by atoms with van der Waals surface area (Å²) in [6.45, 7) is 0. The van der Waals surface area contributed by atoms with Crippen LogP contribution in [0.1, 0.15) is 25.7 Å². The monoisotopic (exact) mass is 123 g/mol.